The van der Waals surface area contributed by atoms with Crippen molar-refractivity contribution in [1.82, 2.24) is 15.3 Å². The number of hydrogen-bond donors (Lipinski definition) is 1. The first-order chi connectivity index (χ1) is 15.0. The van der Waals surface area contributed by atoms with Crippen LogP contribution in [0.5, 0.6) is 0 Å². The molecule has 31 heavy (non-hydrogen) atoms. The van der Waals surface area contributed by atoms with E-state index in [1.54, 1.807) is 0 Å². The minimum atomic E-state index is -0.0745. The zero-order valence-corrected chi connectivity index (χ0v) is 19.1. The van der Waals surface area contributed by atoms with Gasteiger partial charge in [-0.25, -0.2) is 9.97 Å². The van der Waals surface area contributed by atoms with Gasteiger partial charge in [-0.3, -0.25) is 4.79 Å². The fourth-order valence-electron chi connectivity index (χ4n) is 3.65. The molecule has 2 aromatic carbocycles. The summed E-state index contributed by atoms with van der Waals surface area (Å²) < 4.78 is 5.88. The number of thioether (sulfide) groups is 1. The molecule has 0 saturated carbocycles. The summed E-state index contributed by atoms with van der Waals surface area (Å²) >= 11 is 7.58. The second-order valence-electron chi connectivity index (χ2n) is 7.66. The number of aromatic nitrogens is 2. The molecule has 0 radical (unpaired) electrons. The van der Waals surface area contributed by atoms with Gasteiger partial charge < -0.3 is 15.0 Å². The second kappa shape index (κ2) is 9.85. The Hall–Kier alpha value is -2.35. The summed E-state index contributed by atoms with van der Waals surface area (Å²) in [6, 6.07) is 15.3. The maximum atomic E-state index is 12.5. The summed E-state index contributed by atoms with van der Waals surface area (Å²) in [5.41, 5.74) is 2.56. The van der Waals surface area contributed by atoms with Crippen molar-refractivity contribution in [2.24, 2.45) is 0 Å². The largest absolute Gasteiger partial charge is 0.372 e. The number of benzene rings is 2. The molecular formula is C23H25ClN4O2S. The Labute approximate surface area is 191 Å². The van der Waals surface area contributed by atoms with Gasteiger partial charge in [-0.05, 0) is 37.6 Å². The summed E-state index contributed by atoms with van der Waals surface area (Å²) in [6.45, 7) is 6.00. The third kappa shape index (κ3) is 5.47. The van der Waals surface area contributed by atoms with E-state index in [1.807, 2.05) is 48.5 Å². The van der Waals surface area contributed by atoms with Gasteiger partial charge in [0, 0.05) is 24.7 Å². The highest BCUT2D eigenvalue weighted by Gasteiger charge is 2.26. The highest BCUT2D eigenvalue weighted by atomic mass is 35.5. The van der Waals surface area contributed by atoms with Gasteiger partial charge in [0.25, 0.3) is 0 Å². The first-order valence-electron chi connectivity index (χ1n) is 10.3. The fourth-order valence-corrected chi connectivity index (χ4v) is 4.69. The lowest BCUT2D eigenvalue weighted by atomic mass is 10.2. The van der Waals surface area contributed by atoms with E-state index in [0.29, 0.717) is 11.6 Å². The maximum absolute atomic E-state index is 12.5. The Morgan fingerprint density at radius 2 is 1.74 bits per heavy atom. The average molecular weight is 457 g/mol. The average Bonchev–Trinajstić information content (AvgIpc) is 2.76. The smallest absolute Gasteiger partial charge is 0.230 e. The van der Waals surface area contributed by atoms with Gasteiger partial charge in [0.05, 0.1) is 29.0 Å². The molecule has 2 heterocycles. The first-order valence-corrected chi connectivity index (χ1v) is 11.7. The molecule has 1 fully saturated rings. The molecule has 1 saturated heterocycles. The number of nitrogens with one attached hydrogen (secondary N) is 1. The molecule has 0 spiro atoms. The van der Waals surface area contributed by atoms with Crippen LogP contribution >= 0.6 is 23.4 Å². The van der Waals surface area contributed by atoms with E-state index in [9.17, 15) is 4.79 Å². The Morgan fingerprint density at radius 3 is 2.45 bits per heavy atom. The number of para-hydroxylation sites is 2. The van der Waals surface area contributed by atoms with Crippen LogP contribution in [0.15, 0.2) is 53.6 Å². The molecule has 2 atom stereocenters. The molecule has 1 aliphatic rings. The quantitative estimate of drug-likeness (QED) is 0.557. The summed E-state index contributed by atoms with van der Waals surface area (Å²) in [5.74, 6) is 0.985. The predicted octanol–water partition coefficient (Wildman–Crippen LogP) is 4.31. The second-order valence-corrected chi connectivity index (χ2v) is 9.03. The summed E-state index contributed by atoms with van der Waals surface area (Å²) in [5, 5.41) is 4.34. The van der Waals surface area contributed by atoms with E-state index < -0.39 is 0 Å². The van der Waals surface area contributed by atoms with Crippen LogP contribution in [0, 0.1) is 0 Å². The molecule has 1 aromatic heterocycles. The number of carbonyl (C=O) groups excluding carboxylic acids is 1. The lowest BCUT2D eigenvalue weighted by molar-refractivity contribution is -0.118. The molecule has 4 rings (SSSR count). The Kier molecular flexibility index (Phi) is 6.95. The Balaban J connectivity index is 1.50. The van der Waals surface area contributed by atoms with Crippen LogP contribution in [0.2, 0.25) is 5.02 Å². The van der Waals surface area contributed by atoms with E-state index in [-0.39, 0.29) is 23.9 Å². The molecule has 1 aliphatic heterocycles. The monoisotopic (exact) mass is 456 g/mol. The molecule has 1 N–H and O–H groups in total. The number of anilines is 1. The molecule has 1 amide bonds. The topological polar surface area (TPSA) is 67.4 Å². The Morgan fingerprint density at radius 1 is 1.10 bits per heavy atom. The number of amides is 1. The molecule has 8 heteroatoms. The van der Waals surface area contributed by atoms with E-state index in [4.69, 9.17) is 26.3 Å². The SMILES string of the molecule is C[C@H]1CN(c2nc3ccccc3nc2SCC(=O)NCc2ccccc2Cl)C[C@H](C)O1. The van der Waals surface area contributed by atoms with Gasteiger partial charge in [-0.15, -0.1) is 0 Å². The fraction of sp³-hybridized carbons (Fsp3) is 0.348. The third-order valence-electron chi connectivity index (χ3n) is 5.01. The number of morpholine rings is 1. The highest BCUT2D eigenvalue weighted by molar-refractivity contribution is 8.00. The lowest BCUT2D eigenvalue weighted by Gasteiger charge is -2.36. The van der Waals surface area contributed by atoms with Crippen molar-refractivity contribution in [2.45, 2.75) is 37.6 Å². The zero-order chi connectivity index (χ0) is 21.8. The predicted molar refractivity (Wildman–Crippen MR) is 126 cm³/mol. The first kappa shape index (κ1) is 21.9. The van der Waals surface area contributed by atoms with Gasteiger partial charge >= 0.3 is 0 Å². The minimum Gasteiger partial charge on any atom is -0.372 e. The molecule has 6 nitrogen and oxygen atoms in total. The van der Waals surface area contributed by atoms with E-state index in [0.717, 1.165) is 40.5 Å². The Bertz CT molecular complexity index is 1070. The summed E-state index contributed by atoms with van der Waals surface area (Å²) in [4.78, 5) is 24.4. The van der Waals surface area contributed by atoms with Crippen LogP contribution < -0.4 is 10.2 Å². The molecule has 3 aromatic rings. The molecule has 0 unspecified atom stereocenters. The number of carbonyl (C=O) groups is 1. The minimum absolute atomic E-state index is 0.0745. The van der Waals surface area contributed by atoms with Crippen molar-refractivity contribution >= 4 is 46.1 Å². The van der Waals surface area contributed by atoms with Crippen molar-refractivity contribution in [3.8, 4) is 0 Å². The lowest BCUT2D eigenvalue weighted by Crippen LogP contribution is -2.46. The van der Waals surface area contributed by atoms with E-state index in [2.05, 4.69) is 24.1 Å². The molecule has 0 aliphatic carbocycles. The van der Waals surface area contributed by atoms with Crippen LogP contribution in [0.4, 0.5) is 5.82 Å². The standard InChI is InChI=1S/C23H25ClN4O2S/c1-15-12-28(13-16(2)30-15)22-23(27-20-10-6-5-9-19(20)26-22)31-14-21(29)25-11-17-7-3-4-8-18(17)24/h3-10,15-16H,11-14H2,1-2H3,(H,25,29)/t15-,16-/m0/s1. The maximum Gasteiger partial charge on any atom is 0.230 e. The van der Waals surface area contributed by atoms with Crippen LogP contribution in [-0.4, -0.2) is 46.9 Å². The van der Waals surface area contributed by atoms with Crippen LogP contribution in [-0.2, 0) is 16.1 Å². The van der Waals surface area contributed by atoms with Crippen molar-refractivity contribution in [1.29, 1.82) is 0 Å². The zero-order valence-electron chi connectivity index (χ0n) is 17.5. The normalized spacial score (nSPS) is 18.9. The van der Waals surface area contributed by atoms with E-state index >= 15 is 0 Å². The van der Waals surface area contributed by atoms with Crippen molar-refractivity contribution in [2.75, 3.05) is 23.7 Å². The number of rotatable bonds is 6. The van der Waals surface area contributed by atoms with Crippen LogP contribution in [0.25, 0.3) is 11.0 Å². The number of hydrogen-bond acceptors (Lipinski definition) is 6. The third-order valence-corrected chi connectivity index (χ3v) is 6.34. The molecular weight excluding hydrogens is 432 g/mol. The summed E-state index contributed by atoms with van der Waals surface area (Å²) in [6.07, 6.45) is 0.211. The van der Waals surface area contributed by atoms with Crippen LogP contribution in [0.1, 0.15) is 19.4 Å². The number of nitrogens with zero attached hydrogens (tertiary/aromatic N) is 3. The van der Waals surface area contributed by atoms with Gasteiger partial charge in [0.1, 0.15) is 5.03 Å². The van der Waals surface area contributed by atoms with Crippen LogP contribution in [0.3, 0.4) is 0 Å². The number of fused-ring (bicyclic) bond motifs is 1. The van der Waals surface area contributed by atoms with Crippen molar-refractivity contribution in [3.63, 3.8) is 0 Å². The van der Waals surface area contributed by atoms with Crippen molar-refractivity contribution in [3.05, 3.63) is 59.1 Å². The molecule has 0 bridgehead atoms. The van der Waals surface area contributed by atoms with E-state index in [1.165, 1.54) is 11.8 Å². The van der Waals surface area contributed by atoms with Gasteiger partial charge in [0.2, 0.25) is 5.91 Å². The summed E-state index contributed by atoms with van der Waals surface area (Å²) in [7, 11) is 0. The van der Waals surface area contributed by atoms with Gasteiger partial charge in [-0.1, -0.05) is 53.7 Å². The van der Waals surface area contributed by atoms with Gasteiger partial charge in [0.15, 0.2) is 5.82 Å². The molecule has 162 valence electrons. The highest BCUT2D eigenvalue weighted by Crippen LogP contribution is 2.31. The van der Waals surface area contributed by atoms with Crippen molar-refractivity contribution < 1.29 is 9.53 Å². The number of halogens is 1. The number of ether oxygens (including phenoxy) is 1. The van der Waals surface area contributed by atoms with Gasteiger partial charge in [-0.2, -0.15) is 0 Å².